The summed E-state index contributed by atoms with van der Waals surface area (Å²) in [6.07, 6.45) is 5.91. The highest BCUT2D eigenvalue weighted by Gasteiger charge is 2.17. The Labute approximate surface area is 127 Å². The van der Waals surface area contributed by atoms with Gasteiger partial charge in [-0.05, 0) is 37.8 Å². The van der Waals surface area contributed by atoms with Crippen molar-refractivity contribution in [2.75, 3.05) is 31.2 Å². The fourth-order valence-electron chi connectivity index (χ4n) is 3.11. The zero-order valence-electron chi connectivity index (χ0n) is 12.7. The highest BCUT2D eigenvalue weighted by atomic mass is 16.5. The Morgan fingerprint density at radius 3 is 2.86 bits per heavy atom. The van der Waals surface area contributed by atoms with Crippen LogP contribution in [0.25, 0.3) is 0 Å². The summed E-state index contributed by atoms with van der Waals surface area (Å²) in [6, 6.07) is 8.78. The van der Waals surface area contributed by atoms with Crippen molar-refractivity contribution in [1.82, 2.24) is 0 Å². The second-order valence-corrected chi connectivity index (χ2v) is 6.09. The van der Waals surface area contributed by atoms with Crippen molar-refractivity contribution in [2.45, 2.75) is 44.2 Å². The molecule has 1 aromatic carbocycles. The van der Waals surface area contributed by atoms with E-state index in [1.807, 2.05) is 6.07 Å². The van der Waals surface area contributed by atoms with E-state index in [4.69, 9.17) is 15.2 Å². The third-order valence-electron chi connectivity index (χ3n) is 4.45. The lowest BCUT2D eigenvalue weighted by Gasteiger charge is -2.32. The summed E-state index contributed by atoms with van der Waals surface area (Å²) in [5.41, 5.74) is 7.21. The number of nitrogens with two attached hydrogens (primary N) is 1. The number of hydrogen-bond acceptors (Lipinski definition) is 4. The van der Waals surface area contributed by atoms with Gasteiger partial charge in [-0.3, -0.25) is 0 Å². The summed E-state index contributed by atoms with van der Waals surface area (Å²) in [6.45, 7) is 3.73. The first kappa shape index (κ1) is 14.7. The van der Waals surface area contributed by atoms with Gasteiger partial charge in [-0.2, -0.15) is 0 Å². The van der Waals surface area contributed by atoms with E-state index in [-0.39, 0.29) is 0 Å². The van der Waals surface area contributed by atoms with Crippen LogP contribution >= 0.6 is 0 Å². The summed E-state index contributed by atoms with van der Waals surface area (Å²) >= 11 is 0. The minimum absolute atomic E-state index is 0.368. The van der Waals surface area contributed by atoms with Crippen LogP contribution in [0.3, 0.4) is 0 Å². The monoisotopic (exact) mass is 290 g/mol. The Morgan fingerprint density at radius 1 is 1.24 bits per heavy atom. The van der Waals surface area contributed by atoms with Crippen molar-refractivity contribution in [2.24, 2.45) is 5.73 Å². The number of anilines is 1. The second kappa shape index (κ2) is 7.14. The van der Waals surface area contributed by atoms with Crippen LogP contribution in [0.15, 0.2) is 24.3 Å². The zero-order chi connectivity index (χ0) is 14.5. The molecule has 2 heterocycles. The van der Waals surface area contributed by atoms with Crippen molar-refractivity contribution >= 4 is 5.69 Å². The quantitative estimate of drug-likeness (QED) is 0.905. The Balaban J connectivity index is 1.50. The summed E-state index contributed by atoms with van der Waals surface area (Å²) < 4.78 is 11.5. The first-order valence-electron chi connectivity index (χ1n) is 8.16. The van der Waals surface area contributed by atoms with Crippen LogP contribution in [0.2, 0.25) is 0 Å². The molecule has 0 bridgehead atoms. The van der Waals surface area contributed by atoms with Gasteiger partial charge in [0.1, 0.15) is 5.75 Å². The third-order valence-corrected chi connectivity index (χ3v) is 4.45. The number of piperidine rings is 1. The van der Waals surface area contributed by atoms with Crippen LogP contribution in [-0.2, 0) is 4.74 Å². The molecule has 2 fully saturated rings. The van der Waals surface area contributed by atoms with E-state index in [9.17, 15) is 0 Å². The van der Waals surface area contributed by atoms with Crippen LogP contribution in [0, 0.1) is 0 Å². The first-order valence-corrected chi connectivity index (χ1v) is 8.16. The standard InChI is InChI=1S/C17H26N2O2/c18-14-6-9-19(10-7-14)15-3-1-4-17(13-15)21-12-8-16-5-2-11-20-16/h1,3-4,13-14,16H,2,5-12,18H2. The maximum atomic E-state index is 5.97. The Hall–Kier alpha value is -1.26. The molecule has 1 aromatic rings. The fraction of sp³-hybridized carbons (Fsp3) is 0.647. The Bertz CT molecular complexity index is 438. The van der Waals surface area contributed by atoms with E-state index in [0.29, 0.717) is 12.1 Å². The molecule has 2 aliphatic rings. The molecule has 0 aliphatic carbocycles. The van der Waals surface area contributed by atoms with Gasteiger partial charge in [0.25, 0.3) is 0 Å². The average Bonchev–Trinajstić information content (AvgIpc) is 3.02. The summed E-state index contributed by atoms with van der Waals surface area (Å²) in [4.78, 5) is 2.40. The molecule has 3 rings (SSSR count). The van der Waals surface area contributed by atoms with Crippen LogP contribution in [0.4, 0.5) is 5.69 Å². The Morgan fingerprint density at radius 2 is 2.10 bits per heavy atom. The highest BCUT2D eigenvalue weighted by molar-refractivity contribution is 5.51. The van der Waals surface area contributed by atoms with Crippen molar-refractivity contribution in [3.63, 3.8) is 0 Å². The molecule has 2 N–H and O–H groups in total. The molecule has 4 nitrogen and oxygen atoms in total. The summed E-state index contributed by atoms with van der Waals surface area (Å²) in [5, 5.41) is 0. The van der Waals surface area contributed by atoms with Gasteiger partial charge < -0.3 is 20.1 Å². The molecule has 2 aliphatic heterocycles. The van der Waals surface area contributed by atoms with Gasteiger partial charge in [0.2, 0.25) is 0 Å². The summed E-state index contributed by atoms with van der Waals surface area (Å²) in [7, 11) is 0. The summed E-state index contributed by atoms with van der Waals surface area (Å²) in [5.74, 6) is 0.959. The molecule has 4 heteroatoms. The molecule has 21 heavy (non-hydrogen) atoms. The maximum absolute atomic E-state index is 5.97. The van der Waals surface area contributed by atoms with Crippen molar-refractivity contribution in [3.05, 3.63) is 24.3 Å². The molecule has 116 valence electrons. The van der Waals surface area contributed by atoms with Gasteiger partial charge in [-0.25, -0.2) is 0 Å². The molecule has 0 aromatic heterocycles. The number of rotatable bonds is 5. The molecule has 0 amide bonds. The third kappa shape index (κ3) is 4.11. The highest BCUT2D eigenvalue weighted by Crippen LogP contribution is 2.24. The lowest BCUT2D eigenvalue weighted by molar-refractivity contribution is 0.0903. The van der Waals surface area contributed by atoms with Crippen LogP contribution in [-0.4, -0.2) is 38.4 Å². The lowest BCUT2D eigenvalue weighted by atomic mass is 10.1. The predicted octanol–water partition coefficient (Wildman–Crippen LogP) is 2.56. The second-order valence-electron chi connectivity index (χ2n) is 6.09. The van der Waals surface area contributed by atoms with E-state index >= 15 is 0 Å². The molecule has 1 atom stereocenters. The van der Waals surface area contributed by atoms with E-state index in [1.165, 1.54) is 18.5 Å². The van der Waals surface area contributed by atoms with Gasteiger partial charge in [-0.1, -0.05) is 6.07 Å². The van der Waals surface area contributed by atoms with Gasteiger partial charge in [0.15, 0.2) is 0 Å². The van der Waals surface area contributed by atoms with Crippen molar-refractivity contribution < 1.29 is 9.47 Å². The topological polar surface area (TPSA) is 47.7 Å². The molecule has 0 radical (unpaired) electrons. The van der Waals surface area contributed by atoms with Crippen LogP contribution in [0.5, 0.6) is 5.75 Å². The van der Waals surface area contributed by atoms with E-state index < -0.39 is 0 Å². The van der Waals surface area contributed by atoms with Gasteiger partial charge >= 0.3 is 0 Å². The zero-order valence-corrected chi connectivity index (χ0v) is 12.7. The van der Waals surface area contributed by atoms with Crippen molar-refractivity contribution in [1.29, 1.82) is 0 Å². The van der Waals surface area contributed by atoms with E-state index in [0.717, 1.165) is 51.3 Å². The molecule has 2 saturated heterocycles. The molecular formula is C17H26N2O2. The number of nitrogens with zero attached hydrogens (tertiary/aromatic N) is 1. The normalized spacial score (nSPS) is 23.5. The smallest absolute Gasteiger partial charge is 0.121 e. The molecule has 1 unspecified atom stereocenters. The number of benzene rings is 1. The van der Waals surface area contributed by atoms with Gasteiger partial charge in [-0.15, -0.1) is 0 Å². The van der Waals surface area contributed by atoms with Gasteiger partial charge in [0.05, 0.1) is 12.7 Å². The predicted molar refractivity (Wildman–Crippen MR) is 85.0 cm³/mol. The van der Waals surface area contributed by atoms with Crippen LogP contribution in [0.1, 0.15) is 32.1 Å². The van der Waals surface area contributed by atoms with Gasteiger partial charge in [0, 0.05) is 43.9 Å². The minimum Gasteiger partial charge on any atom is -0.493 e. The first-order chi connectivity index (χ1) is 10.3. The number of hydrogen-bond donors (Lipinski definition) is 1. The molecule has 0 spiro atoms. The fourth-order valence-corrected chi connectivity index (χ4v) is 3.11. The van der Waals surface area contributed by atoms with Crippen molar-refractivity contribution in [3.8, 4) is 5.75 Å². The lowest BCUT2D eigenvalue weighted by Crippen LogP contribution is -2.39. The van der Waals surface area contributed by atoms with Crippen LogP contribution < -0.4 is 15.4 Å². The number of ether oxygens (including phenoxy) is 2. The minimum atomic E-state index is 0.368. The Kier molecular flexibility index (Phi) is 4.99. The molecular weight excluding hydrogens is 264 g/mol. The molecule has 0 saturated carbocycles. The van der Waals surface area contributed by atoms with E-state index in [2.05, 4.69) is 23.1 Å². The SMILES string of the molecule is NC1CCN(c2cccc(OCCC3CCCO3)c2)CC1. The average molecular weight is 290 g/mol. The van der Waals surface area contributed by atoms with E-state index in [1.54, 1.807) is 0 Å². The maximum Gasteiger partial charge on any atom is 0.121 e. The largest absolute Gasteiger partial charge is 0.493 e.